The molecule has 1 aliphatic carbocycles. The first-order valence-corrected chi connectivity index (χ1v) is 8.25. The predicted molar refractivity (Wildman–Crippen MR) is 83.1 cm³/mol. The van der Waals surface area contributed by atoms with Gasteiger partial charge in [-0.25, -0.2) is 0 Å². The summed E-state index contributed by atoms with van der Waals surface area (Å²) in [5.74, 6) is 1.80. The highest BCUT2D eigenvalue weighted by atomic mass is 16.5. The summed E-state index contributed by atoms with van der Waals surface area (Å²) in [7, 11) is 0. The highest BCUT2D eigenvalue weighted by Gasteiger charge is 2.35. The van der Waals surface area contributed by atoms with E-state index in [4.69, 9.17) is 10.5 Å². The normalized spacial score (nSPS) is 29.0. The summed E-state index contributed by atoms with van der Waals surface area (Å²) in [4.78, 5) is 0. The zero-order valence-corrected chi connectivity index (χ0v) is 12.7. The van der Waals surface area contributed by atoms with Crippen molar-refractivity contribution in [3.8, 4) is 5.75 Å². The lowest BCUT2D eigenvalue weighted by atomic mass is 9.69. The van der Waals surface area contributed by atoms with E-state index < -0.39 is 0 Å². The summed E-state index contributed by atoms with van der Waals surface area (Å²) in [6.07, 6.45) is 9.75. The van der Waals surface area contributed by atoms with Crippen LogP contribution in [0.5, 0.6) is 5.75 Å². The Morgan fingerprint density at radius 3 is 3.10 bits per heavy atom. The van der Waals surface area contributed by atoms with Crippen LogP contribution in [-0.4, -0.2) is 12.1 Å². The predicted octanol–water partition coefficient (Wildman–Crippen LogP) is 3.85. The smallest absolute Gasteiger partial charge is 0.122 e. The van der Waals surface area contributed by atoms with Crippen molar-refractivity contribution in [2.24, 2.45) is 11.7 Å². The van der Waals surface area contributed by atoms with Gasteiger partial charge in [0.2, 0.25) is 0 Å². The topological polar surface area (TPSA) is 35.2 Å². The molecular formula is C18H27NO. The van der Waals surface area contributed by atoms with Crippen LogP contribution in [0.4, 0.5) is 0 Å². The van der Waals surface area contributed by atoms with E-state index in [0.29, 0.717) is 5.92 Å². The molecule has 0 aromatic heterocycles. The van der Waals surface area contributed by atoms with Crippen molar-refractivity contribution in [1.29, 1.82) is 0 Å². The minimum atomic E-state index is 0.0719. The van der Waals surface area contributed by atoms with E-state index in [9.17, 15) is 0 Å². The molecule has 20 heavy (non-hydrogen) atoms. The Bertz CT molecular complexity index is 470. The molecule has 2 unspecified atom stereocenters. The first kappa shape index (κ1) is 13.9. The molecule has 1 fully saturated rings. The largest absolute Gasteiger partial charge is 0.493 e. The molecule has 110 valence electrons. The van der Waals surface area contributed by atoms with Crippen molar-refractivity contribution in [3.05, 3.63) is 29.3 Å². The van der Waals surface area contributed by atoms with Gasteiger partial charge >= 0.3 is 0 Å². The first-order chi connectivity index (χ1) is 9.71. The number of ether oxygens (including phenoxy) is 1. The number of hydrogen-bond acceptors (Lipinski definition) is 2. The Labute approximate surface area is 122 Å². The summed E-state index contributed by atoms with van der Waals surface area (Å²) >= 11 is 0. The van der Waals surface area contributed by atoms with Gasteiger partial charge in [0.1, 0.15) is 5.75 Å². The average Bonchev–Trinajstić information content (AvgIpc) is 2.93. The van der Waals surface area contributed by atoms with Crippen LogP contribution in [0.15, 0.2) is 18.2 Å². The van der Waals surface area contributed by atoms with Crippen molar-refractivity contribution in [3.63, 3.8) is 0 Å². The summed E-state index contributed by atoms with van der Waals surface area (Å²) in [6, 6.07) is 6.69. The average molecular weight is 273 g/mol. The van der Waals surface area contributed by atoms with E-state index in [0.717, 1.165) is 31.6 Å². The Balaban J connectivity index is 1.66. The third kappa shape index (κ3) is 2.71. The van der Waals surface area contributed by atoms with Crippen molar-refractivity contribution >= 4 is 0 Å². The minimum Gasteiger partial charge on any atom is -0.493 e. The number of benzene rings is 1. The number of aryl methyl sites for hydroxylation is 1. The minimum absolute atomic E-state index is 0.0719. The fourth-order valence-corrected chi connectivity index (χ4v) is 4.05. The van der Waals surface area contributed by atoms with Crippen molar-refractivity contribution < 1.29 is 4.74 Å². The Morgan fingerprint density at radius 2 is 2.25 bits per heavy atom. The monoisotopic (exact) mass is 273 g/mol. The molecule has 1 aromatic carbocycles. The van der Waals surface area contributed by atoms with E-state index in [2.05, 4.69) is 25.1 Å². The second kappa shape index (κ2) is 5.77. The highest BCUT2D eigenvalue weighted by Crippen LogP contribution is 2.37. The maximum Gasteiger partial charge on any atom is 0.122 e. The van der Waals surface area contributed by atoms with Gasteiger partial charge < -0.3 is 10.5 Å². The molecule has 1 saturated carbocycles. The quantitative estimate of drug-likeness (QED) is 0.904. The van der Waals surface area contributed by atoms with Crippen molar-refractivity contribution in [2.45, 2.75) is 63.8 Å². The van der Waals surface area contributed by atoms with Gasteiger partial charge in [0, 0.05) is 12.0 Å². The molecule has 1 heterocycles. The standard InChI is InChI=1S/C18H27NO/c1-2-16-5-3-4-10-18(16,19)11-8-14-6-7-17-15(13-14)9-12-20-17/h6-7,13,16H,2-5,8-12,19H2,1H3. The van der Waals surface area contributed by atoms with Gasteiger partial charge in [0.05, 0.1) is 6.61 Å². The van der Waals surface area contributed by atoms with Gasteiger partial charge in [0.15, 0.2) is 0 Å². The maximum absolute atomic E-state index is 6.75. The van der Waals surface area contributed by atoms with Crippen LogP contribution in [0.1, 0.15) is 56.6 Å². The van der Waals surface area contributed by atoms with E-state index in [1.165, 1.54) is 43.2 Å². The van der Waals surface area contributed by atoms with Gasteiger partial charge in [-0.3, -0.25) is 0 Å². The molecule has 0 radical (unpaired) electrons. The molecule has 2 heteroatoms. The van der Waals surface area contributed by atoms with Crippen LogP contribution in [-0.2, 0) is 12.8 Å². The second-order valence-corrected chi connectivity index (χ2v) is 6.62. The highest BCUT2D eigenvalue weighted by molar-refractivity contribution is 5.39. The van der Waals surface area contributed by atoms with Crippen molar-refractivity contribution in [2.75, 3.05) is 6.61 Å². The molecule has 0 saturated heterocycles. The Hall–Kier alpha value is -1.02. The van der Waals surface area contributed by atoms with E-state index in [-0.39, 0.29) is 5.54 Å². The fraction of sp³-hybridized carbons (Fsp3) is 0.667. The third-order valence-corrected chi connectivity index (χ3v) is 5.38. The van der Waals surface area contributed by atoms with Crippen LogP contribution in [0.3, 0.4) is 0 Å². The lowest BCUT2D eigenvalue weighted by molar-refractivity contribution is 0.171. The van der Waals surface area contributed by atoms with Gasteiger partial charge in [0.25, 0.3) is 0 Å². The van der Waals surface area contributed by atoms with E-state index in [1.54, 1.807) is 0 Å². The van der Waals surface area contributed by atoms with Crippen molar-refractivity contribution in [1.82, 2.24) is 0 Å². The van der Waals surface area contributed by atoms with Gasteiger partial charge in [-0.1, -0.05) is 38.3 Å². The lowest BCUT2D eigenvalue weighted by Crippen LogP contribution is -2.49. The van der Waals surface area contributed by atoms with Crippen LogP contribution in [0.2, 0.25) is 0 Å². The third-order valence-electron chi connectivity index (χ3n) is 5.38. The van der Waals surface area contributed by atoms with Gasteiger partial charge in [-0.05, 0) is 48.8 Å². The van der Waals surface area contributed by atoms with Crippen LogP contribution < -0.4 is 10.5 Å². The number of nitrogens with two attached hydrogens (primary N) is 1. The maximum atomic E-state index is 6.75. The molecular weight excluding hydrogens is 246 g/mol. The van der Waals surface area contributed by atoms with Gasteiger partial charge in [-0.2, -0.15) is 0 Å². The van der Waals surface area contributed by atoms with E-state index >= 15 is 0 Å². The number of fused-ring (bicyclic) bond motifs is 1. The zero-order valence-electron chi connectivity index (χ0n) is 12.7. The zero-order chi connectivity index (χ0) is 14.0. The molecule has 1 aromatic rings. The van der Waals surface area contributed by atoms with Crippen LogP contribution >= 0.6 is 0 Å². The molecule has 3 rings (SSSR count). The second-order valence-electron chi connectivity index (χ2n) is 6.62. The first-order valence-electron chi connectivity index (χ1n) is 8.25. The van der Waals surface area contributed by atoms with E-state index in [1.807, 2.05) is 0 Å². The molecule has 0 amide bonds. The Morgan fingerprint density at radius 1 is 1.35 bits per heavy atom. The number of hydrogen-bond donors (Lipinski definition) is 1. The fourth-order valence-electron chi connectivity index (χ4n) is 4.05. The molecule has 2 nitrogen and oxygen atoms in total. The SMILES string of the molecule is CCC1CCCCC1(N)CCc1ccc2c(c1)CCO2. The summed E-state index contributed by atoms with van der Waals surface area (Å²) in [5, 5.41) is 0. The molecule has 0 spiro atoms. The molecule has 0 bridgehead atoms. The van der Waals surface area contributed by atoms with Crippen LogP contribution in [0, 0.1) is 5.92 Å². The lowest BCUT2D eigenvalue weighted by Gasteiger charge is -2.41. The molecule has 2 aliphatic rings. The molecule has 2 N–H and O–H groups in total. The Kier molecular flexibility index (Phi) is 4.02. The summed E-state index contributed by atoms with van der Waals surface area (Å²) in [5.41, 5.74) is 9.63. The summed E-state index contributed by atoms with van der Waals surface area (Å²) < 4.78 is 5.58. The summed E-state index contributed by atoms with van der Waals surface area (Å²) in [6.45, 7) is 3.14. The number of rotatable bonds is 4. The molecule has 2 atom stereocenters. The van der Waals surface area contributed by atoms with Crippen LogP contribution in [0.25, 0.3) is 0 Å². The van der Waals surface area contributed by atoms with Gasteiger partial charge in [-0.15, -0.1) is 0 Å². The molecule has 1 aliphatic heterocycles.